The first-order valence-corrected chi connectivity index (χ1v) is 7.05. The van der Waals surface area contributed by atoms with Crippen LogP contribution >= 0.6 is 23.2 Å². The number of carbonyl (C=O) groups is 1. The van der Waals surface area contributed by atoms with Gasteiger partial charge < -0.3 is 4.74 Å². The molecule has 0 radical (unpaired) electrons. The maximum absolute atomic E-state index is 12.3. The van der Waals surface area contributed by atoms with Crippen LogP contribution in [0.5, 0.6) is 5.75 Å². The zero-order valence-electron chi connectivity index (χ0n) is 10.3. The molecule has 1 aromatic carbocycles. The maximum Gasteiger partial charge on any atom is 0.167 e. The molecule has 2 rings (SSSR count). The summed E-state index contributed by atoms with van der Waals surface area (Å²) in [6, 6.07) is 3.27. The van der Waals surface area contributed by atoms with Crippen LogP contribution in [0, 0.1) is 5.92 Å². The second kappa shape index (κ2) is 5.94. The lowest BCUT2D eigenvalue weighted by Gasteiger charge is -2.12. The number of benzene rings is 1. The monoisotopic (exact) mass is 286 g/mol. The van der Waals surface area contributed by atoms with Crippen molar-refractivity contribution in [3.63, 3.8) is 0 Å². The minimum atomic E-state index is 0.108. The van der Waals surface area contributed by atoms with Gasteiger partial charge in [-0.3, -0.25) is 4.79 Å². The second-order valence-corrected chi connectivity index (χ2v) is 5.36. The smallest absolute Gasteiger partial charge is 0.167 e. The molecule has 0 heterocycles. The van der Waals surface area contributed by atoms with Crippen molar-refractivity contribution in [2.75, 3.05) is 6.61 Å². The van der Waals surface area contributed by atoms with Crippen LogP contribution in [0.15, 0.2) is 12.1 Å². The fourth-order valence-corrected chi connectivity index (χ4v) is 2.86. The molecule has 2 nitrogen and oxygen atoms in total. The quantitative estimate of drug-likeness (QED) is 0.746. The van der Waals surface area contributed by atoms with Gasteiger partial charge in [-0.25, -0.2) is 0 Å². The molecule has 0 amide bonds. The van der Waals surface area contributed by atoms with E-state index in [2.05, 4.69) is 0 Å². The fourth-order valence-electron chi connectivity index (χ4n) is 2.39. The Morgan fingerprint density at radius 3 is 2.56 bits per heavy atom. The van der Waals surface area contributed by atoms with Crippen LogP contribution in [0.4, 0.5) is 0 Å². The third kappa shape index (κ3) is 2.81. The summed E-state index contributed by atoms with van der Waals surface area (Å²) >= 11 is 12.2. The van der Waals surface area contributed by atoms with Gasteiger partial charge in [0, 0.05) is 17.5 Å². The minimum Gasteiger partial charge on any atom is -0.492 e. The van der Waals surface area contributed by atoms with Crippen molar-refractivity contribution in [2.45, 2.75) is 32.6 Å². The average molecular weight is 287 g/mol. The van der Waals surface area contributed by atoms with Crippen molar-refractivity contribution in [1.29, 1.82) is 0 Å². The molecule has 1 fully saturated rings. The lowest BCUT2D eigenvalue weighted by atomic mass is 9.96. The van der Waals surface area contributed by atoms with Gasteiger partial charge >= 0.3 is 0 Å². The number of hydrogen-bond donors (Lipinski definition) is 0. The Hall–Kier alpha value is -0.730. The number of rotatable bonds is 4. The van der Waals surface area contributed by atoms with Crippen molar-refractivity contribution in [2.24, 2.45) is 5.92 Å². The molecule has 0 atom stereocenters. The molecule has 0 spiro atoms. The van der Waals surface area contributed by atoms with Gasteiger partial charge in [0.2, 0.25) is 0 Å². The minimum absolute atomic E-state index is 0.108. The average Bonchev–Trinajstić information content (AvgIpc) is 2.86. The van der Waals surface area contributed by atoms with E-state index in [-0.39, 0.29) is 11.7 Å². The largest absolute Gasteiger partial charge is 0.492 e. The molecule has 18 heavy (non-hydrogen) atoms. The SMILES string of the molecule is CCOc1cc(Cl)c(C(=O)C2CCCC2)cc1Cl. The van der Waals surface area contributed by atoms with E-state index >= 15 is 0 Å². The van der Waals surface area contributed by atoms with Gasteiger partial charge in [-0.15, -0.1) is 0 Å². The molecule has 0 unspecified atom stereocenters. The zero-order chi connectivity index (χ0) is 13.1. The second-order valence-electron chi connectivity index (χ2n) is 4.54. The van der Waals surface area contributed by atoms with Crippen LogP contribution in [-0.2, 0) is 0 Å². The van der Waals surface area contributed by atoms with E-state index in [1.165, 1.54) is 0 Å². The van der Waals surface area contributed by atoms with Crippen LogP contribution in [0.3, 0.4) is 0 Å². The van der Waals surface area contributed by atoms with Crippen LogP contribution in [0.2, 0.25) is 10.0 Å². The molecule has 98 valence electrons. The molecule has 1 aromatic rings. The predicted molar refractivity (Wildman–Crippen MR) is 73.9 cm³/mol. The summed E-state index contributed by atoms with van der Waals surface area (Å²) in [6.07, 6.45) is 4.16. The predicted octanol–water partition coefficient (Wildman–Crippen LogP) is 4.77. The zero-order valence-corrected chi connectivity index (χ0v) is 11.9. The third-order valence-electron chi connectivity index (χ3n) is 3.31. The van der Waals surface area contributed by atoms with E-state index in [1.54, 1.807) is 12.1 Å². The first kappa shape index (κ1) is 13.7. The Balaban J connectivity index is 2.27. The summed E-state index contributed by atoms with van der Waals surface area (Å²) in [7, 11) is 0. The summed E-state index contributed by atoms with van der Waals surface area (Å²) < 4.78 is 5.35. The number of ether oxygens (including phenoxy) is 1. The molecule has 0 N–H and O–H groups in total. The van der Waals surface area contributed by atoms with Crippen molar-refractivity contribution in [3.05, 3.63) is 27.7 Å². The molecule has 1 saturated carbocycles. The topological polar surface area (TPSA) is 26.3 Å². The molecule has 4 heteroatoms. The van der Waals surface area contributed by atoms with Crippen molar-refractivity contribution < 1.29 is 9.53 Å². The Kier molecular flexibility index (Phi) is 4.52. The van der Waals surface area contributed by atoms with Gasteiger partial charge in [-0.1, -0.05) is 36.0 Å². The normalized spacial score (nSPS) is 15.9. The van der Waals surface area contributed by atoms with E-state index in [0.29, 0.717) is 28.0 Å². The van der Waals surface area contributed by atoms with Gasteiger partial charge in [-0.05, 0) is 25.8 Å². The molecule has 1 aliphatic carbocycles. The van der Waals surface area contributed by atoms with E-state index in [9.17, 15) is 4.79 Å². The molecular weight excluding hydrogens is 271 g/mol. The third-order valence-corrected chi connectivity index (χ3v) is 3.92. The summed E-state index contributed by atoms with van der Waals surface area (Å²) in [4.78, 5) is 12.3. The highest BCUT2D eigenvalue weighted by Crippen LogP contribution is 2.35. The van der Waals surface area contributed by atoms with Crippen LogP contribution < -0.4 is 4.74 Å². The lowest BCUT2D eigenvalue weighted by molar-refractivity contribution is 0.0923. The Bertz CT molecular complexity index is 451. The van der Waals surface area contributed by atoms with Crippen molar-refractivity contribution >= 4 is 29.0 Å². The number of carbonyl (C=O) groups excluding carboxylic acids is 1. The first-order valence-electron chi connectivity index (χ1n) is 6.29. The molecule has 0 aromatic heterocycles. The van der Waals surface area contributed by atoms with Gasteiger partial charge in [-0.2, -0.15) is 0 Å². The van der Waals surface area contributed by atoms with E-state index in [4.69, 9.17) is 27.9 Å². The summed E-state index contributed by atoms with van der Waals surface area (Å²) in [6.45, 7) is 2.40. The number of halogens is 2. The maximum atomic E-state index is 12.3. The van der Waals surface area contributed by atoms with Gasteiger partial charge in [0.15, 0.2) is 5.78 Å². The number of ketones is 1. The van der Waals surface area contributed by atoms with Crippen LogP contribution in [0.25, 0.3) is 0 Å². The summed E-state index contributed by atoms with van der Waals surface area (Å²) in [5, 5.41) is 0.877. The summed E-state index contributed by atoms with van der Waals surface area (Å²) in [5.74, 6) is 0.756. The molecular formula is C14H16Cl2O2. The van der Waals surface area contributed by atoms with E-state index in [0.717, 1.165) is 25.7 Å². The van der Waals surface area contributed by atoms with E-state index in [1.807, 2.05) is 6.92 Å². The van der Waals surface area contributed by atoms with Crippen LogP contribution in [0.1, 0.15) is 43.0 Å². The number of hydrogen-bond acceptors (Lipinski definition) is 2. The standard InChI is InChI=1S/C14H16Cl2O2/c1-2-18-13-8-11(15)10(7-12(13)16)14(17)9-5-3-4-6-9/h7-9H,2-6H2,1H3. The molecule has 0 saturated heterocycles. The Morgan fingerprint density at radius 1 is 1.28 bits per heavy atom. The van der Waals surface area contributed by atoms with E-state index < -0.39 is 0 Å². The molecule has 1 aliphatic rings. The lowest BCUT2D eigenvalue weighted by Crippen LogP contribution is -2.11. The van der Waals surface area contributed by atoms with Gasteiger partial charge in [0.1, 0.15) is 5.75 Å². The van der Waals surface area contributed by atoms with Crippen molar-refractivity contribution in [1.82, 2.24) is 0 Å². The Morgan fingerprint density at radius 2 is 1.94 bits per heavy atom. The fraction of sp³-hybridized carbons (Fsp3) is 0.500. The highest BCUT2D eigenvalue weighted by molar-refractivity contribution is 6.36. The number of Topliss-reactive ketones (excluding diaryl/α,β-unsaturated/α-hetero) is 1. The summed E-state index contributed by atoms with van der Waals surface area (Å²) in [5.41, 5.74) is 0.525. The highest BCUT2D eigenvalue weighted by Gasteiger charge is 2.26. The first-order chi connectivity index (χ1) is 8.63. The molecule has 0 aliphatic heterocycles. The van der Waals surface area contributed by atoms with Gasteiger partial charge in [0.25, 0.3) is 0 Å². The van der Waals surface area contributed by atoms with Crippen molar-refractivity contribution in [3.8, 4) is 5.75 Å². The molecule has 0 bridgehead atoms. The van der Waals surface area contributed by atoms with Crippen LogP contribution in [-0.4, -0.2) is 12.4 Å². The Labute approximate surface area is 117 Å². The highest BCUT2D eigenvalue weighted by atomic mass is 35.5. The van der Waals surface area contributed by atoms with Gasteiger partial charge in [0.05, 0.1) is 16.7 Å².